The molecule has 0 radical (unpaired) electrons. The number of rotatable bonds is 2. The molecule has 3 aliphatic rings. The molecular weight excluding hydrogens is 312 g/mol. The van der Waals surface area contributed by atoms with Gasteiger partial charge in [-0.25, -0.2) is 0 Å². The molecule has 0 aromatic heterocycles. The van der Waals surface area contributed by atoms with Crippen LogP contribution in [0.3, 0.4) is 0 Å². The van der Waals surface area contributed by atoms with Gasteiger partial charge in [0.15, 0.2) is 0 Å². The van der Waals surface area contributed by atoms with E-state index in [0.29, 0.717) is 11.3 Å². The fourth-order valence-corrected chi connectivity index (χ4v) is 4.79. The zero-order valence-electron chi connectivity index (χ0n) is 15.4. The number of anilines is 1. The standard InChI is InChI=1S/C21H30N2O2/c1-17-4-6-18(7-5-17)23-12-2-3-19(20(23)24)22-13-8-21(9-14-22)10-15-25-16-11-21/h4-7,19H,2-3,8-16H2,1H3. The third-order valence-corrected chi connectivity index (χ3v) is 6.61. The van der Waals surface area contributed by atoms with Crippen molar-refractivity contribution in [1.82, 2.24) is 4.90 Å². The summed E-state index contributed by atoms with van der Waals surface area (Å²) in [5.74, 6) is 0.304. The number of ether oxygens (including phenoxy) is 1. The van der Waals surface area contributed by atoms with Gasteiger partial charge in [0.1, 0.15) is 0 Å². The Balaban J connectivity index is 1.42. The van der Waals surface area contributed by atoms with Gasteiger partial charge in [0.25, 0.3) is 0 Å². The summed E-state index contributed by atoms with van der Waals surface area (Å²) >= 11 is 0. The van der Waals surface area contributed by atoms with Crippen LogP contribution < -0.4 is 4.90 Å². The maximum Gasteiger partial charge on any atom is 0.244 e. The Morgan fingerprint density at radius 2 is 1.68 bits per heavy atom. The molecule has 0 saturated carbocycles. The highest BCUT2D eigenvalue weighted by molar-refractivity contribution is 5.97. The van der Waals surface area contributed by atoms with Gasteiger partial charge in [-0.2, -0.15) is 0 Å². The second-order valence-corrected chi connectivity index (χ2v) is 8.13. The van der Waals surface area contributed by atoms with Gasteiger partial charge in [-0.3, -0.25) is 9.69 Å². The second kappa shape index (κ2) is 7.08. The highest BCUT2D eigenvalue weighted by atomic mass is 16.5. The third-order valence-electron chi connectivity index (χ3n) is 6.61. The van der Waals surface area contributed by atoms with E-state index in [9.17, 15) is 4.79 Å². The maximum absolute atomic E-state index is 13.1. The molecule has 3 aliphatic heterocycles. The summed E-state index contributed by atoms with van der Waals surface area (Å²) in [4.78, 5) is 17.6. The van der Waals surface area contributed by atoms with E-state index in [1.165, 1.54) is 31.2 Å². The lowest BCUT2D eigenvalue weighted by molar-refractivity contribution is -0.127. The summed E-state index contributed by atoms with van der Waals surface area (Å²) < 4.78 is 5.55. The summed E-state index contributed by atoms with van der Waals surface area (Å²) in [5.41, 5.74) is 2.78. The molecule has 0 N–H and O–H groups in total. The first kappa shape index (κ1) is 17.0. The van der Waals surface area contributed by atoms with Crippen LogP contribution in [-0.4, -0.2) is 49.7 Å². The van der Waals surface area contributed by atoms with Crippen molar-refractivity contribution in [3.05, 3.63) is 29.8 Å². The number of carbonyl (C=O) groups is 1. The van der Waals surface area contributed by atoms with Crippen molar-refractivity contribution in [2.24, 2.45) is 5.41 Å². The van der Waals surface area contributed by atoms with E-state index in [1.54, 1.807) is 0 Å². The van der Waals surface area contributed by atoms with Crippen molar-refractivity contribution in [3.63, 3.8) is 0 Å². The van der Waals surface area contributed by atoms with Crippen molar-refractivity contribution in [1.29, 1.82) is 0 Å². The van der Waals surface area contributed by atoms with E-state index in [0.717, 1.165) is 51.4 Å². The molecule has 1 atom stereocenters. The minimum Gasteiger partial charge on any atom is -0.381 e. The molecule has 0 bridgehead atoms. The van der Waals surface area contributed by atoms with Crippen LogP contribution in [0.15, 0.2) is 24.3 Å². The van der Waals surface area contributed by atoms with Crippen molar-refractivity contribution >= 4 is 11.6 Å². The fraction of sp³-hybridized carbons (Fsp3) is 0.667. The molecule has 3 heterocycles. The lowest BCUT2D eigenvalue weighted by Crippen LogP contribution is -2.56. The molecular formula is C21H30N2O2. The van der Waals surface area contributed by atoms with E-state index in [2.05, 4.69) is 36.1 Å². The highest BCUT2D eigenvalue weighted by Gasteiger charge is 2.40. The average molecular weight is 342 g/mol. The first-order valence-electron chi connectivity index (χ1n) is 9.87. The van der Waals surface area contributed by atoms with Gasteiger partial charge < -0.3 is 9.64 Å². The summed E-state index contributed by atoms with van der Waals surface area (Å²) in [7, 11) is 0. The van der Waals surface area contributed by atoms with E-state index in [1.807, 2.05) is 4.90 Å². The van der Waals surface area contributed by atoms with Gasteiger partial charge >= 0.3 is 0 Å². The van der Waals surface area contributed by atoms with Crippen LogP contribution in [0.5, 0.6) is 0 Å². The Bertz CT molecular complexity index is 597. The van der Waals surface area contributed by atoms with Gasteiger partial charge in [-0.05, 0) is 76.1 Å². The number of likely N-dealkylation sites (tertiary alicyclic amines) is 1. The molecule has 1 aromatic carbocycles. The van der Waals surface area contributed by atoms with Gasteiger partial charge in [-0.15, -0.1) is 0 Å². The Morgan fingerprint density at radius 1 is 1.00 bits per heavy atom. The van der Waals surface area contributed by atoms with E-state index in [4.69, 9.17) is 4.74 Å². The summed E-state index contributed by atoms with van der Waals surface area (Å²) in [6.45, 7) is 6.92. The SMILES string of the molecule is Cc1ccc(N2CCCC(N3CCC4(CCOCC4)CC3)C2=O)cc1. The summed E-state index contributed by atoms with van der Waals surface area (Å²) in [6, 6.07) is 8.45. The first-order valence-corrected chi connectivity index (χ1v) is 9.87. The second-order valence-electron chi connectivity index (χ2n) is 8.13. The fourth-order valence-electron chi connectivity index (χ4n) is 4.79. The molecule has 4 heteroatoms. The minimum absolute atomic E-state index is 0.0762. The summed E-state index contributed by atoms with van der Waals surface area (Å²) in [5, 5.41) is 0. The Kier molecular flexibility index (Phi) is 4.83. The number of benzene rings is 1. The van der Waals surface area contributed by atoms with E-state index < -0.39 is 0 Å². The quantitative estimate of drug-likeness (QED) is 0.826. The molecule has 1 unspecified atom stereocenters. The van der Waals surface area contributed by atoms with E-state index in [-0.39, 0.29) is 6.04 Å². The Hall–Kier alpha value is -1.39. The minimum atomic E-state index is 0.0762. The lowest BCUT2D eigenvalue weighted by atomic mass is 9.72. The van der Waals surface area contributed by atoms with E-state index >= 15 is 0 Å². The Labute approximate surface area is 151 Å². The zero-order valence-corrected chi connectivity index (χ0v) is 15.4. The number of piperidine rings is 2. The molecule has 3 fully saturated rings. The molecule has 25 heavy (non-hydrogen) atoms. The predicted molar refractivity (Wildman–Crippen MR) is 99.8 cm³/mol. The topological polar surface area (TPSA) is 32.8 Å². The molecule has 1 aromatic rings. The third kappa shape index (κ3) is 3.47. The number of nitrogens with zero attached hydrogens (tertiary/aromatic N) is 2. The van der Waals surface area contributed by atoms with Crippen LogP contribution in [0.1, 0.15) is 44.1 Å². The average Bonchev–Trinajstić information content (AvgIpc) is 2.65. The number of aryl methyl sites for hydroxylation is 1. The molecule has 3 saturated heterocycles. The largest absolute Gasteiger partial charge is 0.381 e. The molecule has 0 aliphatic carbocycles. The smallest absolute Gasteiger partial charge is 0.244 e. The number of carbonyl (C=O) groups excluding carboxylic acids is 1. The number of amides is 1. The van der Waals surface area contributed by atoms with Gasteiger partial charge in [0, 0.05) is 25.4 Å². The lowest BCUT2D eigenvalue weighted by Gasteiger charge is -2.47. The van der Waals surface area contributed by atoms with Crippen LogP contribution in [-0.2, 0) is 9.53 Å². The maximum atomic E-state index is 13.1. The molecule has 4 nitrogen and oxygen atoms in total. The molecule has 1 amide bonds. The first-order chi connectivity index (χ1) is 12.2. The van der Waals surface area contributed by atoms with Crippen LogP contribution >= 0.6 is 0 Å². The van der Waals surface area contributed by atoms with Crippen molar-refractivity contribution in [3.8, 4) is 0 Å². The van der Waals surface area contributed by atoms with Crippen LogP contribution in [0.4, 0.5) is 5.69 Å². The van der Waals surface area contributed by atoms with Gasteiger partial charge in [0.05, 0.1) is 6.04 Å². The van der Waals surface area contributed by atoms with Crippen molar-refractivity contribution in [2.75, 3.05) is 37.7 Å². The number of hydrogen-bond donors (Lipinski definition) is 0. The summed E-state index contributed by atoms with van der Waals surface area (Å²) in [6.07, 6.45) is 6.97. The molecule has 136 valence electrons. The molecule has 4 rings (SSSR count). The van der Waals surface area contributed by atoms with Crippen LogP contribution in [0.25, 0.3) is 0 Å². The number of hydrogen-bond acceptors (Lipinski definition) is 3. The molecule has 1 spiro atoms. The van der Waals surface area contributed by atoms with Gasteiger partial charge in [-0.1, -0.05) is 17.7 Å². The monoisotopic (exact) mass is 342 g/mol. The normalized spacial score (nSPS) is 27.6. The highest BCUT2D eigenvalue weighted by Crippen LogP contribution is 2.41. The predicted octanol–water partition coefficient (Wildman–Crippen LogP) is 3.38. The van der Waals surface area contributed by atoms with Crippen molar-refractivity contribution < 1.29 is 9.53 Å². The van der Waals surface area contributed by atoms with Gasteiger partial charge in [0.2, 0.25) is 5.91 Å². The van der Waals surface area contributed by atoms with Crippen LogP contribution in [0, 0.1) is 12.3 Å². The zero-order chi connectivity index (χ0) is 17.3. The Morgan fingerprint density at radius 3 is 2.36 bits per heavy atom. The van der Waals surface area contributed by atoms with Crippen molar-refractivity contribution in [2.45, 2.75) is 51.5 Å². The van der Waals surface area contributed by atoms with Crippen LogP contribution in [0.2, 0.25) is 0 Å².